The summed E-state index contributed by atoms with van der Waals surface area (Å²) in [4.78, 5) is 22.6. The molecular formula is C46H77O9P. The van der Waals surface area contributed by atoms with Crippen LogP contribution in [0.3, 0.4) is 0 Å². The number of allylic oxidation sites excluding steroid dienone is 16. The van der Waals surface area contributed by atoms with Crippen LogP contribution in [0.1, 0.15) is 142 Å². The second-order valence-electron chi connectivity index (χ2n) is 13.6. The third-order valence-electron chi connectivity index (χ3n) is 8.27. The molecule has 3 atom stereocenters. The minimum Gasteiger partial charge on any atom is -0.457 e. The van der Waals surface area contributed by atoms with Gasteiger partial charge in [0.25, 0.3) is 0 Å². The van der Waals surface area contributed by atoms with E-state index in [0.29, 0.717) is 13.0 Å². The molecule has 0 aromatic heterocycles. The Labute approximate surface area is 340 Å². The Balaban J connectivity index is 4.27. The van der Waals surface area contributed by atoms with Gasteiger partial charge in [0.15, 0.2) is 0 Å². The number of carbonyl (C=O) groups excluding carboxylic acids is 1. The fourth-order valence-electron chi connectivity index (χ4n) is 5.11. The quantitative estimate of drug-likeness (QED) is 0.0240. The van der Waals surface area contributed by atoms with Crippen LogP contribution in [0.4, 0.5) is 0 Å². The van der Waals surface area contributed by atoms with Crippen molar-refractivity contribution >= 4 is 13.8 Å². The maximum absolute atomic E-state index is 12.6. The number of hydrogen-bond acceptors (Lipinski definition) is 8. The predicted octanol–water partition coefficient (Wildman–Crippen LogP) is 11.7. The van der Waals surface area contributed by atoms with Crippen molar-refractivity contribution in [2.45, 2.75) is 154 Å². The average molecular weight is 805 g/mol. The summed E-state index contributed by atoms with van der Waals surface area (Å²) < 4.78 is 33.2. The summed E-state index contributed by atoms with van der Waals surface area (Å²) in [6.07, 6.45) is 52.4. The summed E-state index contributed by atoms with van der Waals surface area (Å²) in [6.45, 7) is 3.10. The van der Waals surface area contributed by atoms with E-state index in [1.165, 1.54) is 25.7 Å². The fourth-order valence-corrected chi connectivity index (χ4v) is 5.90. The maximum Gasteiger partial charge on any atom is 0.472 e. The van der Waals surface area contributed by atoms with Gasteiger partial charge in [-0.3, -0.25) is 13.8 Å². The van der Waals surface area contributed by atoms with Gasteiger partial charge in [-0.05, 0) is 83.5 Å². The summed E-state index contributed by atoms with van der Waals surface area (Å²) in [5.74, 6) is -0.415. The zero-order valence-corrected chi connectivity index (χ0v) is 35.7. The van der Waals surface area contributed by atoms with Crippen LogP contribution in [0.25, 0.3) is 0 Å². The van der Waals surface area contributed by atoms with Crippen molar-refractivity contribution in [3.05, 3.63) is 97.2 Å². The Morgan fingerprint density at radius 2 is 0.964 bits per heavy atom. The molecule has 0 aliphatic carbocycles. The highest BCUT2D eigenvalue weighted by Crippen LogP contribution is 2.43. The molecule has 0 saturated carbocycles. The van der Waals surface area contributed by atoms with Crippen molar-refractivity contribution in [1.82, 2.24) is 0 Å². The second-order valence-corrected chi connectivity index (χ2v) is 15.0. The highest BCUT2D eigenvalue weighted by Gasteiger charge is 2.26. The highest BCUT2D eigenvalue weighted by atomic mass is 31.2. The van der Waals surface area contributed by atoms with Gasteiger partial charge in [0.2, 0.25) is 0 Å². The van der Waals surface area contributed by atoms with Gasteiger partial charge in [-0.2, -0.15) is 0 Å². The van der Waals surface area contributed by atoms with Crippen molar-refractivity contribution in [3.8, 4) is 0 Å². The molecule has 3 N–H and O–H groups in total. The number of ether oxygens (including phenoxy) is 2. The molecule has 0 saturated heterocycles. The van der Waals surface area contributed by atoms with Gasteiger partial charge in [-0.25, -0.2) is 4.57 Å². The van der Waals surface area contributed by atoms with E-state index in [9.17, 15) is 19.4 Å². The first-order chi connectivity index (χ1) is 27.3. The molecule has 0 heterocycles. The van der Waals surface area contributed by atoms with Crippen LogP contribution in [0.5, 0.6) is 0 Å². The minimum atomic E-state index is -4.54. The standard InChI is InChI=1S/C46H77O9P/c1-3-5-7-9-11-13-15-17-19-20-21-22-23-24-25-26-28-30-32-34-36-38-46(49)55-45(43-54-56(50,51)53-41-44(48)40-47)42-52-39-37-35-33-31-29-27-18-16-14-12-10-8-6-4-2/h5-8,11-14,17-19,21-22,27,31,33,44-45,47-48H,3-4,9-10,15-16,20,23-26,28-30,32,34-43H2,1-2H3,(H,50,51)/b7-5-,8-6-,13-11-,14-12-,19-17-,22-21-,27-18-,33-31-. The van der Waals surface area contributed by atoms with Gasteiger partial charge in [-0.15, -0.1) is 0 Å². The number of hydrogen-bond donors (Lipinski definition) is 3. The van der Waals surface area contributed by atoms with Gasteiger partial charge in [0, 0.05) is 13.0 Å². The average Bonchev–Trinajstić information content (AvgIpc) is 3.19. The van der Waals surface area contributed by atoms with E-state index in [-0.39, 0.29) is 13.0 Å². The Morgan fingerprint density at radius 3 is 1.45 bits per heavy atom. The molecule has 56 heavy (non-hydrogen) atoms. The van der Waals surface area contributed by atoms with Gasteiger partial charge < -0.3 is 24.6 Å². The monoisotopic (exact) mass is 805 g/mol. The van der Waals surface area contributed by atoms with E-state index in [1.54, 1.807) is 0 Å². The number of unbranched alkanes of at least 4 members (excludes halogenated alkanes) is 9. The van der Waals surface area contributed by atoms with Crippen LogP contribution in [-0.4, -0.2) is 66.3 Å². The van der Waals surface area contributed by atoms with E-state index >= 15 is 0 Å². The Morgan fingerprint density at radius 1 is 0.554 bits per heavy atom. The van der Waals surface area contributed by atoms with Crippen LogP contribution >= 0.6 is 7.82 Å². The molecule has 0 aromatic carbocycles. The normalized spacial score (nSPS) is 15.0. The molecule has 0 aromatic rings. The van der Waals surface area contributed by atoms with Gasteiger partial charge >= 0.3 is 13.8 Å². The van der Waals surface area contributed by atoms with Crippen molar-refractivity contribution in [1.29, 1.82) is 0 Å². The van der Waals surface area contributed by atoms with Gasteiger partial charge in [-0.1, -0.05) is 150 Å². The lowest BCUT2D eigenvalue weighted by atomic mass is 10.1. The lowest BCUT2D eigenvalue weighted by molar-refractivity contribution is -0.154. The SMILES string of the molecule is CC/C=C\C/C=C\C/C=C\C/C=C\CCCCCCCCCCC(=O)OC(COCCC/C=C\C/C=C\C/C=C\C/C=C\CC)COP(=O)(O)OCC(O)CO. The number of aliphatic hydroxyl groups excluding tert-OH is 2. The molecule has 0 aliphatic rings. The molecular weight excluding hydrogens is 727 g/mol. The number of rotatable bonds is 39. The van der Waals surface area contributed by atoms with E-state index < -0.39 is 45.8 Å². The molecule has 0 bridgehead atoms. The first-order valence-corrected chi connectivity index (χ1v) is 22.7. The summed E-state index contributed by atoms with van der Waals surface area (Å²) in [6, 6.07) is 0. The van der Waals surface area contributed by atoms with E-state index in [2.05, 4.69) is 111 Å². The Hall–Kier alpha value is -2.62. The molecule has 0 rings (SSSR count). The predicted molar refractivity (Wildman–Crippen MR) is 232 cm³/mol. The number of esters is 1. The molecule has 3 unspecified atom stereocenters. The Kier molecular flexibility index (Phi) is 40.0. The van der Waals surface area contributed by atoms with E-state index in [1.807, 2.05) is 0 Å². The lowest BCUT2D eigenvalue weighted by Crippen LogP contribution is -2.29. The molecule has 320 valence electrons. The van der Waals surface area contributed by atoms with E-state index in [4.69, 9.17) is 23.6 Å². The molecule has 0 radical (unpaired) electrons. The van der Waals surface area contributed by atoms with Crippen molar-refractivity contribution in [2.75, 3.05) is 33.0 Å². The largest absolute Gasteiger partial charge is 0.472 e. The highest BCUT2D eigenvalue weighted by molar-refractivity contribution is 7.47. The van der Waals surface area contributed by atoms with Crippen molar-refractivity contribution in [3.63, 3.8) is 0 Å². The molecule has 0 spiro atoms. The van der Waals surface area contributed by atoms with Crippen molar-refractivity contribution < 1.29 is 43.0 Å². The third kappa shape index (κ3) is 41.0. The number of carbonyl (C=O) groups is 1. The molecule has 0 fully saturated rings. The summed E-state index contributed by atoms with van der Waals surface area (Å²) in [5.41, 5.74) is 0. The van der Waals surface area contributed by atoms with Crippen LogP contribution in [0, 0.1) is 0 Å². The van der Waals surface area contributed by atoms with Crippen LogP contribution < -0.4 is 0 Å². The molecule has 9 nitrogen and oxygen atoms in total. The lowest BCUT2D eigenvalue weighted by Gasteiger charge is -2.20. The number of aliphatic hydroxyl groups is 2. The summed E-state index contributed by atoms with van der Waals surface area (Å²) in [7, 11) is -4.54. The first kappa shape index (κ1) is 53.4. The minimum absolute atomic E-state index is 0.00148. The third-order valence-corrected chi connectivity index (χ3v) is 9.22. The molecule has 0 amide bonds. The smallest absolute Gasteiger partial charge is 0.457 e. The summed E-state index contributed by atoms with van der Waals surface area (Å²) >= 11 is 0. The van der Waals surface area contributed by atoms with E-state index in [0.717, 1.165) is 89.9 Å². The van der Waals surface area contributed by atoms with Gasteiger partial charge in [0.1, 0.15) is 12.2 Å². The second kappa shape index (κ2) is 42.0. The van der Waals surface area contributed by atoms with Crippen LogP contribution in [0.2, 0.25) is 0 Å². The molecule has 10 heteroatoms. The van der Waals surface area contributed by atoms with Crippen LogP contribution in [0.15, 0.2) is 97.2 Å². The Bertz CT molecular complexity index is 1190. The van der Waals surface area contributed by atoms with Crippen LogP contribution in [-0.2, 0) is 27.9 Å². The fraction of sp³-hybridized carbons (Fsp3) is 0.630. The number of phosphoric ester groups is 1. The molecule has 0 aliphatic heterocycles. The topological polar surface area (TPSA) is 132 Å². The van der Waals surface area contributed by atoms with Gasteiger partial charge in [0.05, 0.1) is 26.4 Å². The number of phosphoric acid groups is 1. The zero-order chi connectivity index (χ0) is 41.1. The first-order valence-electron chi connectivity index (χ1n) is 21.2. The van der Waals surface area contributed by atoms with Crippen molar-refractivity contribution in [2.24, 2.45) is 0 Å². The zero-order valence-electron chi connectivity index (χ0n) is 34.8. The summed E-state index contributed by atoms with van der Waals surface area (Å²) in [5, 5.41) is 18.3. The maximum atomic E-state index is 12.6.